The number of carbonyl (C=O) groups is 1. The highest BCUT2D eigenvalue weighted by Crippen LogP contribution is 2.25. The molecule has 0 aliphatic rings. The van der Waals surface area contributed by atoms with E-state index < -0.39 is 5.41 Å². The van der Waals surface area contributed by atoms with Crippen molar-refractivity contribution in [2.75, 3.05) is 0 Å². The van der Waals surface area contributed by atoms with Crippen LogP contribution in [0.25, 0.3) is 0 Å². The molecule has 0 aliphatic heterocycles. The molecule has 1 aromatic rings. The zero-order chi connectivity index (χ0) is 10.8. The summed E-state index contributed by atoms with van der Waals surface area (Å²) in [5.74, 6) is 0. The van der Waals surface area contributed by atoms with Gasteiger partial charge in [0.05, 0.1) is 11.6 Å². The zero-order valence-corrected chi connectivity index (χ0v) is 8.80. The van der Waals surface area contributed by atoms with Gasteiger partial charge in [0.15, 0.2) is 0 Å². The molecule has 0 N–H and O–H groups in total. The largest absolute Gasteiger partial charge is 0.302 e. The maximum absolute atomic E-state index is 10.8. The first-order valence-corrected chi connectivity index (χ1v) is 4.55. The fraction of sp³-hybridized carbons (Fsp3) is 0.273. The third-order valence-corrected chi connectivity index (χ3v) is 2.28. The molecule has 72 valence electrons. The zero-order valence-electron chi connectivity index (χ0n) is 8.04. The van der Waals surface area contributed by atoms with E-state index in [1.807, 2.05) is 6.07 Å². The third kappa shape index (κ3) is 2.12. The van der Waals surface area contributed by atoms with Crippen molar-refractivity contribution in [1.29, 1.82) is 5.26 Å². The number of nitriles is 1. The highest BCUT2D eigenvalue weighted by atomic mass is 35.5. The summed E-state index contributed by atoms with van der Waals surface area (Å²) in [5.41, 5.74) is 0.634. The Morgan fingerprint density at radius 3 is 2.57 bits per heavy atom. The SMILES string of the molecule is CC(C)(C=O)c1cc(Cl)cc(C#N)c1. The fourth-order valence-electron chi connectivity index (χ4n) is 1.09. The van der Waals surface area contributed by atoms with E-state index in [2.05, 4.69) is 0 Å². The second-order valence-corrected chi connectivity index (χ2v) is 4.12. The van der Waals surface area contributed by atoms with Gasteiger partial charge in [-0.25, -0.2) is 0 Å². The minimum atomic E-state index is -0.601. The second kappa shape index (κ2) is 3.81. The molecule has 0 fully saturated rings. The number of nitrogens with zero attached hydrogens (tertiary/aromatic N) is 1. The van der Waals surface area contributed by atoms with E-state index in [1.54, 1.807) is 32.0 Å². The molecule has 0 unspecified atom stereocenters. The van der Waals surface area contributed by atoms with E-state index in [4.69, 9.17) is 16.9 Å². The molecule has 0 saturated carbocycles. The maximum atomic E-state index is 10.8. The molecule has 0 spiro atoms. The predicted molar refractivity (Wildman–Crippen MR) is 55.3 cm³/mol. The van der Waals surface area contributed by atoms with Crippen LogP contribution < -0.4 is 0 Å². The monoisotopic (exact) mass is 207 g/mol. The van der Waals surface area contributed by atoms with Gasteiger partial charge in [0.25, 0.3) is 0 Å². The number of benzene rings is 1. The van der Waals surface area contributed by atoms with Crippen molar-refractivity contribution in [2.45, 2.75) is 19.3 Å². The van der Waals surface area contributed by atoms with E-state index >= 15 is 0 Å². The Balaban J connectivity index is 3.30. The molecule has 0 bridgehead atoms. The number of aldehydes is 1. The van der Waals surface area contributed by atoms with Gasteiger partial charge in [-0.1, -0.05) is 11.6 Å². The molecule has 2 nitrogen and oxygen atoms in total. The number of rotatable bonds is 2. The van der Waals surface area contributed by atoms with Crippen molar-refractivity contribution in [3.63, 3.8) is 0 Å². The van der Waals surface area contributed by atoms with E-state index in [0.29, 0.717) is 10.6 Å². The number of hydrogen-bond donors (Lipinski definition) is 0. The first kappa shape index (κ1) is 10.7. The summed E-state index contributed by atoms with van der Waals surface area (Å²) in [4.78, 5) is 10.8. The Labute approximate surface area is 88.1 Å². The minimum absolute atomic E-state index is 0.474. The van der Waals surface area contributed by atoms with Gasteiger partial charge in [-0.3, -0.25) is 0 Å². The van der Waals surface area contributed by atoms with Gasteiger partial charge in [-0.05, 0) is 37.6 Å². The summed E-state index contributed by atoms with van der Waals surface area (Å²) in [6.07, 6.45) is 0.847. The Hall–Kier alpha value is -1.33. The van der Waals surface area contributed by atoms with Crippen LogP contribution >= 0.6 is 11.6 Å². The van der Waals surface area contributed by atoms with E-state index in [0.717, 1.165) is 11.8 Å². The molecule has 3 heteroatoms. The quantitative estimate of drug-likeness (QED) is 0.700. The third-order valence-electron chi connectivity index (χ3n) is 2.07. The summed E-state index contributed by atoms with van der Waals surface area (Å²) in [7, 11) is 0. The highest BCUT2D eigenvalue weighted by Gasteiger charge is 2.20. The van der Waals surface area contributed by atoms with Gasteiger partial charge in [0.1, 0.15) is 6.29 Å². The molecule has 0 atom stereocenters. The van der Waals surface area contributed by atoms with E-state index in [1.165, 1.54) is 0 Å². The van der Waals surface area contributed by atoms with Gasteiger partial charge in [-0.15, -0.1) is 0 Å². The topological polar surface area (TPSA) is 40.9 Å². The Morgan fingerprint density at radius 2 is 2.07 bits per heavy atom. The van der Waals surface area contributed by atoms with Crippen molar-refractivity contribution in [3.8, 4) is 6.07 Å². The summed E-state index contributed by atoms with van der Waals surface area (Å²) in [5, 5.41) is 9.21. The van der Waals surface area contributed by atoms with Crippen LogP contribution in [-0.4, -0.2) is 6.29 Å². The molecule has 0 saturated heterocycles. The standard InChI is InChI=1S/C11H10ClNO/c1-11(2,7-14)9-3-8(6-13)4-10(12)5-9/h3-5,7H,1-2H3. The predicted octanol–water partition coefficient (Wildman–Crippen LogP) is 2.69. The van der Waals surface area contributed by atoms with E-state index in [9.17, 15) is 4.79 Å². The van der Waals surface area contributed by atoms with Crippen LogP contribution in [0.4, 0.5) is 0 Å². The molecule has 0 radical (unpaired) electrons. The molecule has 0 amide bonds. The molecular weight excluding hydrogens is 198 g/mol. The van der Waals surface area contributed by atoms with Gasteiger partial charge in [-0.2, -0.15) is 5.26 Å². The summed E-state index contributed by atoms with van der Waals surface area (Å²) in [6, 6.07) is 6.97. The lowest BCUT2D eigenvalue weighted by molar-refractivity contribution is -0.111. The van der Waals surface area contributed by atoms with Crippen molar-refractivity contribution in [1.82, 2.24) is 0 Å². The lowest BCUT2D eigenvalue weighted by Crippen LogP contribution is -2.18. The van der Waals surface area contributed by atoms with Crippen molar-refractivity contribution in [2.24, 2.45) is 0 Å². The lowest BCUT2D eigenvalue weighted by Gasteiger charge is -2.17. The van der Waals surface area contributed by atoms with Crippen LogP contribution in [-0.2, 0) is 10.2 Å². The first-order chi connectivity index (χ1) is 6.49. The highest BCUT2D eigenvalue weighted by molar-refractivity contribution is 6.30. The van der Waals surface area contributed by atoms with Crippen molar-refractivity contribution < 1.29 is 4.79 Å². The average molecular weight is 208 g/mol. The van der Waals surface area contributed by atoms with Crippen LogP contribution in [0.2, 0.25) is 5.02 Å². The number of carbonyl (C=O) groups excluding carboxylic acids is 1. The Kier molecular flexibility index (Phi) is 2.93. The normalized spacial score (nSPS) is 10.7. The Morgan fingerprint density at radius 1 is 1.43 bits per heavy atom. The van der Waals surface area contributed by atoms with Gasteiger partial charge in [0, 0.05) is 10.4 Å². The Bertz CT molecular complexity index is 404. The molecular formula is C11H10ClNO. The summed E-state index contributed by atoms with van der Waals surface area (Å²) < 4.78 is 0. The average Bonchev–Trinajstić information content (AvgIpc) is 2.16. The maximum Gasteiger partial charge on any atom is 0.129 e. The van der Waals surface area contributed by atoms with Crippen LogP contribution in [0, 0.1) is 11.3 Å². The van der Waals surface area contributed by atoms with E-state index in [-0.39, 0.29) is 0 Å². The smallest absolute Gasteiger partial charge is 0.129 e. The number of hydrogen-bond acceptors (Lipinski definition) is 2. The second-order valence-electron chi connectivity index (χ2n) is 3.68. The van der Waals surface area contributed by atoms with Crippen molar-refractivity contribution >= 4 is 17.9 Å². The molecule has 1 rings (SSSR count). The molecule has 0 aromatic heterocycles. The lowest BCUT2D eigenvalue weighted by atomic mass is 9.86. The first-order valence-electron chi connectivity index (χ1n) is 4.17. The van der Waals surface area contributed by atoms with Crippen LogP contribution in [0.3, 0.4) is 0 Å². The minimum Gasteiger partial charge on any atom is -0.302 e. The molecule has 14 heavy (non-hydrogen) atoms. The van der Waals surface area contributed by atoms with Crippen LogP contribution in [0.15, 0.2) is 18.2 Å². The molecule has 0 aliphatic carbocycles. The summed E-state index contributed by atoms with van der Waals surface area (Å²) >= 11 is 5.82. The summed E-state index contributed by atoms with van der Waals surface area (Å²) in [6.45, 7) is 3.57. The van der Waals surface area contributed by atoms with Crippen LogP contribution in [0.1, 0.15) is 25.0 Å². The van der Waals surface area contributed by atoms with Gasteiger partial charge >= 0.3 is 0 Å². The fourth-order valence-corrected chi connectivity index (χ4v) is 1.33. The molecule has 0 heterocycles. The van der Waals surface area contributed by atoms with Crippen LogP contribution in [0.5, 0.6) is 0 Å². The van der Waals surface area contributed by atoms with Crippen molar-refractivity contribution in [3.05, 3.63) is 34.3 Å². The van der Waals surface area contributed by atoms with Gasteiger partial charge in [0.2, 0.25) is 0 Å². The number of halogens is 1. The molecule has 1 aromatic carbocycles. The van der Waals surface area contributed by atoms with Gasteiger partial charge < -0.3 is 4.79 Å².